The van der Waals surface area contributed by atoms with Gasteiger partial charge in [-0.15, -0.1) is 0 Å². The third-order valence-corrected chi connectivity index (χ3v) is 3.90. The molecule has 112 valence electrons. The van der Waals surface area contributed by atoms with Gasteiger partial charge in [0.05, 0.1) is 6.61 Å². The number of amides is 1. The molecule has 20 heavy (non-hydrogen) atoms. The summed E-state index contributed by atoms with van der Waals surface area (Å²) in [5, 5.41) is 18.2. The molecule has 5 nitrogen and oxygen atoms in total. The van der Waals surface area contributed by atoms with Crippen molar-refractivity contribution in [1.82, 2.24) is 9.80 Å². The smallest absolute Gasteiger partial charge is 0.265 e. The summed E-state index contributed by atoms with van der Waals surface area (Å²) in [5.74, 6) is -0.212. The van der Waals surface area contributed by atoms with Gasteiger partial charge in [0.2, 0.25) is 0 Å². The van der Waals surface area contributed by atoms with Gasteiger partial charge in [-0.25, -0.2) is 0 Å². The van der Waals surface area contributed by atoms with Crippen LogP contribution in [0.3, 0.4) is 0 Å². The molecular formula is C15H25N3O2. The summed E-state index contributed by atoms with van der Waals surface area (Å²) >= 11 is 0. The van der Waals surface area contributed by atoms with E-state index in [-0.39, 0.29) is 24.1 Å². The fraction of sp³-hybridized carbons (Fsp3) is 0.733. The molecule has 0 aromatic rings. The van der Waals surface area contributed by atoms with Crippen molar-refractivity contribution in [2.24, 2.45) is 0 Å². The van der Waals surface area contributed by atoms with E-state index in [1.165, 1.54) is 6.42 Å². The van der Waals surface area contributed by atoms with E-state index >= 15 is 0 Å². The van der Waals surface area contributed by atoms with Crippen LogP contribution in [0.1, 0.15) is 39.0 Å². The van der Waals surface area contributed by atoms with Crippen molar-refractivity contribution in [2.45, 2.75) is 45.1 Å². The lowest BCUT2D eigenvalue weighted by molar-refractivity contribution is -0.128. The summed E-state index contributed by atoms with van der Waals surface area (Å²) in [6.07, 6.45) is 7.15. The van der Waals surface area contributed by atoms with Crippen LogP contribution in [-0.2, 0) is 4.79 Å². The van der Waals surface area contributed by atoms with Crippen LogP contribution in [0.4, 0.5) is 0 Å². The minimum atomic E-state index is -0.212. The number of nitrogens with zero attached hydrogens (tertiary/aromatic N) is 3. The Morgan fingerprint density at radius 1 is 1.40 bits per heavy atom. The zero-order chi connectivity index (χ0) is 15.0. The van der Waals surface area contributed by atoms with Crippen LogP contribution in [0.5, 0.6) is 0 Å². The van der Waals surface area contributed by atoms with Gasteiger partial charge >= 0.3 is 0 Å². The molecule has 0 spiro atoms. The highest BCUT2D eigenvalue weighted by Crippen LogP contribution is 2.22. The normalized spacial score (nSPS) is 16.6. The lowest BCUT2D eigenvalue weighted by atomic mass is 9.94. The van der Waals surface area contributed by atoms with Crippen molar-refractivity contribution >= 4 is 5.91 Å². The van der Waals surface area contributed by atoms with E-state index in [0.29, 0.717) is 13.1 Å². The zero-order valence-electron chi connectivity index (χ0n) is 12.5. The van der Waals surface area contributed by atoms with Gasteiger partial charge in [0.25, 0.3) is 5.91 Å². The molecule has 0 aliphatic heterocycles. The second kappa shape index (κ2) is 8.60. The van der Waals surface area contributed by atoms with Crippen LogP contribution < -0.4 is 0 Å². The first kappa shape index (κ1) is 16.5. The van der Waals surface area contributed by atoms with Crippen molar-refractivity contribution in [3.63, 3.8) is 0 Å². The van der Waals surface area contributed by atoms with Gasteiger partial charge < -0.3 is 14.9 Å². The summed E-state index contributed by atoms with van der Waals surface area (Å²) in [6.45, 7) is 3.03. The highest BCUT2D eigenvalue weighted by Gasteiger charge is 2.24. The number of hydrogen-bond acceptors (Lipinski definition) is 4. The zero-order valence-corrected chi connectivity index (χ0v) is 12.5. The van der Waals surface area contributed by atoms with E-state index in [2.05, 4.69) is 0 Å². The number of likely N-dealkylation sites (N-methyl/N-ethyl adjacent to an activating group) is 2. The molecule has 0 aromatic heterocycles. The maximum absolute atomic E-state index is 12.4. The Morgan fingerprint density at radius 3 is 2.55 bits per heavy atom. The molecule has 1 aliphatic rings. The van der Waals surface area contributed by atoms with E-state index in [1.54, 1.807) is 23.0 Å². The molecule has 1 N–H and O–H groups in total. The average Bonchev–Trinajstić information content (AvgIpc) is 2.50. The van der Waals surface area contributed by atoms with Crippen LogP contribution in [0.25, 0.3) is 0 Å². The summed E-state index contributed by atoms with van der Waals surface area (Å²) in [5.41, 5.74) is 0.147. The minimum Gasteiger partial charge on any atom is -0.395 e. The number of carbonyl (C=O) groups is 1. The first-order valence-corrected chi connectivity index (χ1v) is 7.38. The topological polar surface area (TPSA) is 67.6 Å². The fourth-order valence-electron chi connectivity index (χ4n) is 2.58. The highest BCUT2D eigenvalue weighted by atomic mass is 16.3. The molecule has 1 rings (SSSR count). The molecule has 0 radical (unpaired) electrons. The number of carbonyl (C=O) groups excluding carboxylic acids is 1. The predicted molar refractivity (Wildman–Crippen MR) is 77.7 cm³/mol. The molecule has 1 amide bonds. The predicted octanol–water partition coefficient (Wildman–Crippen LogP) is 1.50. The molecule has 0 atom stereocenters. The summed E-state index contributed by atoms with van der Waals surface area (Å²) < 4.78 is 0. The van der Waals surface area contributed by atoms with Crippen molar-refractivity contribution in [2.75, 3.05) is 26.7 Å². The maximum atomic E-state index is 12.4. The summed E-state index contributed by atoms with van der Waals surface area (Å²) in [7, 11) is 1.78. The third kappa shape index (κ3) is 4.53. The Kier molecular flexibility index (Phi) is 7.10. The minimum absolute atomic E-state index is 0.00963. The molecule has 1 saturated carbocycles. The highest BCUT2D eigenvalue weighted by molar-refractivity contribution is 5.97. The number of nitriles is 1. The van der Waals surface area contributed by atoms with Crippen LogP contribution >= 0.6 is 0 Å². The van der Waals surface area contributed by atoms with Gasteiger partial charge in [-0.2, -0.15) is 5.26 Å². The SMILES string of the molecule is CCN(/C=C(/C#N)C(=O)N(C)C1CCCCC1)CCO. The summed E-state index contributed by atoms with van der Waals surface area (Å²) in [4.78, 5) is 15.9. The average molecular weight is 279 g/mol. The fourth-order valence-corrected chi connectivity index (χ4v) is 2.58. The number of aliphatic hydroxyl groups is 1. The van der Waals surface area contributed by atoms with E-state index in [9.17, 15) is 10.1 Å². The molecule has 5 heteroatoms. The van der Waals surface area contributed by atoms with Gasteiger partial charge in [0.15, 0.2) is 0 Å². The Balaban J connectivity index is 2.74. The van der Waals surface area contributed by atoms with Crippen LogP contribution in [-0.4, -0.2) is 53.6 Å². The number of hydrogen-bond donors (Lipinski definition) is 1. The molecule has 1 aliphatic carbocycles. The van der Waals surface area contributed by atoms with Crippen LogP contribution in [0.2, 0.25) is 0 Å². The van der Waals surface area contributed by atoms with Crippen molar-refractivity contribution < 1.29 is 9.90 Å². The van der Waals surface area contributed by atoms with E-state index in [4.69, 9.17) is 5.11 Å². The largest absolute Gasteiger partial charge is 0.395 e. The van der Waals surface area contributed by atoms with E-state index < -0.39 is 0 Å². The van der Waals surface area contributed by atoms with Crippen molar-refractivity contribution in [3.05, 3.63) is 11.8 Å². The van der Waals surface area contributed by atoms with Crippen molar-refractivity contribution in [1.29, 1.82) is 5.26 Å². The lowest BCUT2D eigenvalue weighted by Crippen LogP contribution is -2.39. The standard InChI is InChI=1S/C15H25N3O2/c1-3-18(9-10-19)12-13(11-16)15(20)17(2)14-7-5-4-6-8-14/h12,14,19H,3-10H2,1-2H3/b13-12-. The Bertz CT molecular complexity index is 381. The van der Waals surface area contributed by atoms with Crippen LogP contribution in [0, 0.1) is 11.3 Å². The third-order valence-electron chi connectivity index (χ3n) is 3.90. The monoisotopic (exact) mass is 279 g/mol. The maximum Gasteiger partial charge on any atom is 0.265 e. The molecule has 1 fully saturated rings. The molecule has 0 saturated heterocycles. The molecule has 0 aromatic carbocycles. The van der Waals surface area contributed by atoms with E-state index in [1.807, 2.05) is 13.0 Å². The lowest BCUT2D eigenvalue weighted by Gasteiger charge is -2.31. The van der Waals surface area contributed by atoms with E-state index in [0.717, 1.165) is 25.7 Å². The molecule has 0 bridgehead atoms. The first-order valence-electron chi connectivity index (χ1n) is 7.38. The number of rotatable bonds is 6. The Labute approximate surface area is 121 Å². The van der Waals surface area contributed by atoms with Crippen LogP contribution in [0.15, 0.2) is 11.8 Å². The van der Waals surface area contributed by atoms with Gasteiger partial charge in [-0.1, -0.05) is 19.3 Å². The van der Waals surface area contributed by atoms with Gasteiger partial charge in [0, 0.05) is 32.4 Å². The Morgan fingerprint density at radius 2 is 2.05 bits per heavy atom. The van der Waals surface area contributed by atoms with Gasteiger partial charge in [0.1, 0.15) is 11.6 Å². The molecule has 0 heterocycles. The second-order valence-electron chi connectivity index (χ2n) is 5.21. The quantitative estimate of drug-likeness (QED) is 0.591. The van der Waals surface area contributed by atoms with Crippen molar-refractivity contribution in [3.8, 4) is 6.07 Å². The Hall–Kier alpha value is -1.54. The summed E-state index contributed by atoms with van der Waals surface area (Å²) in [6, 6.07) is 2.24. The first-order chi connectivity index (χ1) is 9.63. The van der Waals surface area contributed by atoms with Gasteiger partial charge in [-0.05, 0) is 19.8 Å². The number of aliphatic hydroxyl groups excluding tert-OH is 1. The molecular weight excluding hydrogens is 254 g/mol. The molecule has 0 unspecified atom stereocenters. The second-order valence-corrected chi connectivity index (χ2v) is 5.21. The van der Waals surface area contributed by atoms with Gasteiger partial charge in [-0.3, -0.25) is 4.79 Å².